The summed E-state index contributed by atoms with van der Waals surface area (Å²) < 4.78 is 5.21. The van der Waals surface area contributed by atoms with Crippen molar-refractivity contribution < 1.29 is 9.53 Å². The Labute approximate surface area is 107 Å². The lowest BCUT2D eigenvalue weighted by Crippen LogP contribution is -2.43. The fourth-order valence-corrected chi connectivity index (χ4v) is 2.06. The summed E-state index contributed by atoms with van der Waals surface area (Å²) in [6.45, 7) is 1.42. The largest absolute Gasteiger partial charge is 0.381 e. The van der Waals surface area contributed by atoms with Crippen molar-refractivity contribution in [2.75, 3.05) is 13.2 Å². The average molecular weight is 244 g/mol. The molecule has 1 aliphatic rings. The Balaban J connectivity index is 1.97. The van der Waals surface area contributed by atoms with Crippen molar-refractivity contribution in [3.8, 4) is 6.07 Å². The summed E-state index contributed by atoms with van der Waals surface area (Å²) in [6, 6.07) is 11.8. The van der Waals surface area contributed by atoms with Gasteiger partial charge >= 0.3 is 0 Å². The topological polar surface area (TPSA) is 62.1 Å². The third-order valence-corrected chi connectivity index (χ3v) is 3.29. The van der Waals surface area contributed by atoms with Crippen LogP contribution in [0, 0.1) is 16.7 Å². The lowest BCUT2D eigenvalue weighted by atomic mass is 9.81. The molecule has 4 nitrogen and oxygen atoms in total. The van der Waals surface area contributed by atoms with Crippen LogP contribution in [0.25, 0.3) is 0 Å². The van der Waals surface area contributed by atoms with Crippen molar-refractivity contribution in [1.29, 1.82) is 5.26 Å². The summed E-state index contributed by atoms with van der Waals surface area (Å²) in [5.41, 5.74) is 0.124. The Morgan fingerprint density at radius 3 is 2.61 bits per heavy atom. The van der Waals surface area contributed by atoms with Gasteiger partial charge in [-0.2, -0.15) is 5.26 Å². The molecule has 1 fully saturated rings. The molecule has 0 radical (unpaired) electrons. The van der Waals surface area contributed by atoms with Gasteiger partial charge in [-0.15, -0.1) is 0 Å². The van der Waals surface area contributed by atoms with Crippen LogP contribution in [0.3, 0.4) is 0 Å². The minimum Gasteiger partial charge on any atom is -0.381 e. The summed E-state index contributed by atoms with van der Waals surface area (Å²) >= 11 is 0. The minimum absolute atomic E-state index is 0.183. The molecular formula is C14H16N2O2. The van der Waals surface area contributed by atoms with Gasteiger partial charge in [-0.25, -0.2) is 0 Å². The maximum absolute atomic E-state index is 12.1. The zero-order valence-corrected chi connectivity index (χ0v) is 10.2. The number of carbonyl (C=O) groups excluding carboxylic acids is 1. The number of benzene rings is 1. The fraction of sp³-hybridized carbons (Fsp3) is 0.429. The Kier molecular flexibility index (Phi) is 3.96. The summed E-state index contributed by atoms with van der Waals surface area (Å²) in [5, 5.41) is 12.1. The molecule has 1 aromatic carbocycles. The zero-order valence-electron chi connectivity index (χ0n) is 10.2. The predicted molar refractivity (Wildman–Crippen MR) is 66.4 cm³/mol. The molecule has 0 aromatic heterocycles. The summed E-state index contributed by atoms with van der Waals surface area (Å²) in [6.07, 6.45) is 0.953. The maximum atomic E-state index is 12.1. The van der Waals surface area contributed by atoms with Crippen molar-refractivity contribution in [1.82, 2.24) is 5.32 Å². The third kappa shape index (κ3) is 2.69. The quantitative estimate of drug-likeness (QED) is 0.878. The molecule has 0 atom stereocenters. The molecule has 2 rings (SSSR count). The van der Waals surface area contributed by atoms with Crippen LogP contribution < -0.4 is 5.32 Å². The Morgan fingerprint density at radius 1 is 1.33 bits per heavy atom. The van der Waals surface area contributed by atoms with E-state index < -0.39 is 5.41 Å². The fourth-order valence-electron chi connectivity index (χ4n) is 2.06. The van der Waals surface area contributed by atoms with E-state index in [1.165, 1.54) is 0 Å². The van der Waals surface area contributed by atoms with E-state index in [0.29, 0.717) is 32.6 Å². The number of nitrogens with one attached hydrogen (secondary N) is 1. The van der Waals surface area contributed by atoms with Gasteiger partial charge < -0.3 is 10.1 Å². The predicted octanol–water partition coefficient (Wildman–Crippen LogP) is 1.62. The second kappa shape index (κ2) is 5.65. The molecule has 0 aliphatic carbocycles. The van der Waals surface area contributed by atoms with E-state index in [0.717, 1.165) is 5.56 Å². The molecule has 0 saturated carbocycles. The van der Waals surface area contributed by atoms with Crippen LogP contribution in [0.4, 0.5) is 0 Å². The van der Waals surface area contributed by atoms with Gasteiger partial charge in [-0.1, -0.05) is 30.3 Å². The number of hydrogen-bond donors (Lipinski definition) is 1. The highest BCUT2D eigenvalue weighted by Gasteiger charge is 2.40. The number of ether oxygens (including phenoxy) is 1. The molecule has 1 heterocycles. The molecule has 1 saturated heterocycles. The van der Waals surface area contributed by atoms with Gasteiger partial charge in [-0.05, 0) is 18.4 Å². The number of carbonyl (C=O) groups is 1. The molecule has 4 heteroatoms. The summed E-state index contributed by atoms with van der Waals surface area (Å²) in [7, 11) is 0. The van der Waals surface area contributed by atoms with Crippen LogP contribution >= 0.6 is 0 Å². The maximum Gasteiger partial charge on any atom is 0.240 e. The summed E-state index contributed by atoms with van der Waals surface area (Å²) in [4.78, 5) is 12.1. The first-order chi connectivity index (χ1) is 8.77. The van der Waals surface area contributed by atoms with Gasteiger partial charge in [0.05, 0.1) is 6.07 Å². The zero-order chi connectivity index (χ0) is 12.8. The lowest BCUT2D eigenvalue weighted by Gasteiger charge is -2.29. The highest BCUT2D eigenvalue weighted by molar-refractivity contribution is 5.85. The smallest absolute Gasteiger partial charge is 0.240 e. The van der Waals surface area contributed by atoms with Gasteiger partial charge in [0.25, 0.3) is 0 Å². The first kappa shape index (κ1) is 12.6. The van der Waals surface area contributed by atoms with Crippen molar-refractivity contribution in [3.63, 3.8) is 0 Å². The lowest BCUT2D eigenvalue weighted by molar-refractivity contribution is -0.132. The normalized spacial score (nSPS) is 17.7. The van der Waals surface area contributed by atoms with E-state index in [9.17, 15) is 10.1 Å². The summed E-state index contributed by atoms with van der Waals surface area (Å²) in [5.74, 6) is -0.183. The SMILES string of the molecule is N#CC1(C(=O)NCc2ccccc2)CCOCC1. The molecular weight excluding hydrogens is 228 g/mol. The Bertz CT molecular complexity index is 445. The molecule has 0 bridgehead atoms. The Hall–Kier alpha value is -1.86. The van der Waals surface area contributed by atoms with E-state index in [4.69, 9.17) is 4.74 Å². The van der Waals surface area contributed by atoms with Gasteiger partial charge in [0.2, 0.25) is 5.91 Å². The number of amides is 1. The Morgan fingerprint density at radius 2 is 2.00 bits per heavy atom. The number of rotatable bonds is 3. The minimum atomic E-state index is -0.910. The average Bonchev–Trinajstić information content (AvgIpc) is 2.46. The second-order valence-corrected chi connectivity index (χ2v) is 4.47. The number of nitrogens with zero attached hydrogens (tertiary/aromatic N) is 1. The van der Waals surface area contributed by atoms with E-state index >= 15 is 0 Å². The van der Waals surface area contributed by atoms with E-state index in [-0.39, 0.29) is 5.91 Å². The third-order valence-electron chi connectivity index (χ3n) is 3.29. The highest BCUT2D eigenvalue weighted by Crippen LogP contribution is 2.29. The first-order valence-electron chi connectivity index (χ1n) is 6.08. The first-order valence-corrected chi connectivity index (χ1v) is 6.08. The van der Waals surface area contributed by atoms with Crippen molar-refractivity contribution in [2.45, 2.75) is 19.4 Å². The monoisotopic (exact) mass is 244 g/mol. The molecule has 1 amide bonds. The molecule has 94 valence electrons. The van der Waals surface area contributed by atoms with E-state index in [2.05, 4.69) is 11.4 Å². The molecule has 1 aliphatic heterocycles. The number of hydrogen-bond acceptors (Lipinski definition) is 3. The molecule has 1 aromatic rings. The van der Waals surface area contributed by atoms with Crippen molar-refractivity contribution in [2.24, 2.45) is 5.41 Å². The van der Waals surface area contributed by atoms with Crippen LogP contribution in [0.5, 0.6) is 0 Å². The van der Waals surface area contributed by atoms with Crippen LogP contribution in [-0.4, -0.2) is 19.1 Å². The van der Waals surface area contributed by atoms with Crippen LogP contribution in [0.15, 0.2) is 30.3 Å². The molecule has 18 heavy (non-hydrogen) atoms. The van der Waals surface area contributed by atoms with Gasteiger partial charge in [0.1, 0.15) is 5.41 Å². The van der Waals surface area contributed by atoms with Gasteiger partial charge in [0, 0.05) is 19.8 Å². The van der Waals surface area contributed by atoms with Crippen LogP contribution in [0.1, 0.15) is 18.4 Å². The van der Waals surface area contributed by atoms with Crippen LogP contribution in [-0.2, 0) is 16.1 Å². The highest BCUT2D eigenvalue weighted by atomic mass is 16.5. The molecule has 1 N–H and O–H groups in total. The van der Waals surface area contributed by atoms with E-state index in [1.54, 1.807) is 0 Å². The standard InChI is InChI=1S/C14H16N2O2/c15-11-14(6-8-18-9-7-14)13(17)16-10-12-4-2-1-3-5-12/h1-5H,6-10H2,(H,16,17). The molecule has 0 unspecified atom stereocenters. The molecule has 0 spiro atoms. The van der Waals surface area contributed by atoms with E-state index in [1.807, 2.05) is 30.3 Å². The van der Waals surface area contributed by atoms with Gasteiger partial charge in [0.15, 0.2) is 0 Å². The van der Waals surface area contributed by atoms with Crippen molar-refractivity contribution >= 4 is 5.91 Å². The number of nitriles is 1. The second-order valence-electron chi connectivity index (χ2n) is 4.47. The van der Waals surface area contributed by atoms with Crippen LogP contribution in [0.2, 0.25) is 0 Å². The van der Waals surface area contributed by atoms with Gasteiger partial charge in [-0.3, -0.25) is 4.79 Å². The van der Waals surface area contributed by atoms with Crippen molar-refractivity contribution in [3.05, 3.63) is 35.9 Å².